The summed E-state index contributed by atoms with van der Waals surface area (Å²) in [6.07, 6.45) is 7.01. The second-order valence-electron chi connectivity index (χ2n) is 4.90. The van der Waals surface area contributed by atoms with E-state index in [0.717, 1.165) is 29.1 Å². The van der Waals surface area contributed by atoms with Crippen molar-refractivity contribution in [3.05, 3.63) is 28.5 Å². The molecule has 0 amide bonds. The normalized spacial score (nSPS) is 19.9. The molecule has 1 aliphatic rings. The molecule has 1 saturated heterocycles. The first-order chi connectivity index (χ1) is 8.84. The average Bonchev–Trinajstić information content (AvgIpc) is 2.42. The van der Waals surface area contributed by atoms with Crippen LogP contribution in [0.4, 0.5) is 0 Å². The molecule has 3 nitrogen and oxygen atoms in total. The number of aromatic nitrogens is 1. The van der Waals surface area contributed by atoms with Crippen molar-refractivity contribution in [3.8, 4) is 0 Å². The van der Waals surface area contributed by atoms with Crippen molar-refractivity contribution in [2.45, 2.75) is 32.3 Å². The Hall–Kier alpha value is -0.450. The largest absolute Gasteiger partial charge is 0.377 e. The van der Waals surface area contributed by atoms with E-state index in [-0.39, 0.29) is 0 Å². The maximum atomic E-state index is 5.67. The van der Waals surface area contributed by atoms with Gasteiger partial charge in [-0.3, -0.25) is 0 Å². The van der Waals surface area contributed by atoms with E-state index in [9.17, 15) is 0 Å². The highest BCUT2D eigenvalue weighted by atomic mass is 79.9. The van der Waals surface area contributed by atoms with Gasteiger partial charge in [0.15, 0.2) is 0 Å². The van der Waals surface area contributed by atoms with E-state index in [1.807, 2.05) is 18.3 Å². The second-order valence-corrected chi connectivity index (χ2v) is 5.71. The Balaban J connectivity index is 1.54. The van der Waals surface area contributed by atoms with Gasteiger partial charge in [-0.25, -0.2) is 4.98 Å². The van der Waals surface area contributed by atoms with E-state index in [0.29, 0.717) is 6.61 Å². The molecule has 0 spiro atoms. The quantitative estimate of drug-likeness (QED) is 0.647. The number of rotatable bonds is 6. The van der Waals surface area contributed by atoms with E-state index in [1.54, 1.807) is 0 Å². The van der Waals surface area contributed by atoms with Crippen LogP contribution in [0.3, 0.4) is 0 Å². The Morgan fingerprint density at radius 2 is 2.39 bits per heavy atom. The molecule has 1 atom stereocenters. The zero-order valence-electron chi connectivity index (χ0n) is 10.7. The molecule has 1 aromatic heterocycles. The van der Waals surface area contributed by atoms with Crippen molar-refractivity contribution in [1.29, 1.82) is 0 Å². The molecule has 1 aliphatic heterocycles. The van der Waals surface area contributed by atoms with Crippen LogP contribution in [-0.4, -0.2) is 24.7 Å². The fraction of sp³-hybridized carbons (Fsp3) is 0.643. The Morgan fingerprint density at radius 1 is 1.44 bits per heavy atom. The van der Waals surface area contributed by atoms with Crippen molar-refractivity contribution < 1.29 is 4.74 Å². The van der Waals surface area contributed by atoms with Crippen LogP contribution >= 0.6 is 15.9 Å². The number of halogens is 1. The fourth-order valence-electron chi connectivity index (χ4n) is 2.33. The van der Waals surface area contributed by atoms with Crippen molar-refractivity contribution in [2.24, 2.45) is 5.92 Å². The molecule has 100 valence electrons. The number of hydrogen-bond donors (Lipinski definition) is 1. The molecule has 0 aliphatic carbocycles. The smallest absolute Gasteiger partial charge is 0.106 e. The standard InChI is InChI=1S/C14H21BrN2O/c15-14-6-5-13(10-17-14)11-18-8-2-4-12-3-1-7-16-9-12/h5-6,10,12,16H,1-4,7-9,11H2. The van der Waals surface area contributed by atoms with Gasteiger partial charge in [-0.15, -0.1) is 0 Å². The van der Waals surface area contributed by atoms with Gasteiger partial charge in [-0.2, -0.15) is 0 Å². The summed E-state index contributed by atoms with van der Waals surface area (Å²) in [5.74, 6) is 0.858. The minimum absolute atomic E-state index is 0.670. The lowest BCUT2D eigenvalue weighted by molar-refractivity contribution is 0.112. The molecule has 1 unspecified atom stereocenters. The minimum atomic E-state index is 0.670. The van der Waals surface area contributed by atoms with Crippen LogP contribution in [0, 0.1) is 5.92 Å². The number of nitrogens with one attached hydrogen (secondary N) is 1. The molecule has 0 radical (unpaired) electrons. The molecular weight excluding hydrogens is 292 g/mol. The molecule has 0 bridgehead atoms. The highest BCUT2D eigenvalue weighted by molar-refractivity contribution is 9.10. The van der Waals surface area contributed by atoms with Crippen LogP contribution in [-0.2, 0) is 11.3 Å². The summed E-state index contributed by atoms with van der Waals surface area (Å²) in [6.45, 7) is 3.91. The van der Waals surface area contributed by atoms with E-state index < -0.39 is 0 Å². The minimum Gasteiger partial charge on any atom is -0.377 e. The summed E-state index contributed by atoms with van der Waals surface area (Å²) in [5.41, 5.74) is 1.14. The van der Waals surface area contributed by atoms with Gasteiger partial charge in [0.2, 0.25) is 0 Å². The second kappa shape index (κ2) is 7.87. The maximum absolute atomic E-state index is 5.67. The first-order valence-electron chi connectivity index (χ1n) is 6.73. The number of nitrogens with zero attached hydrogens (tertiary/aromatic N) is 1. The molecule has 0 saturated carbocycles. The summed E-state index contributed by atoms with van der Waals surface area (Å²) < 4.78 is 6.55. The topological polar surface area (TPSA) is 34.1 Å². The summed E-state index contributed by atoms with van der Waals surface area (Å²) >= 11 is 3.32. The van der Waals surface area contributed by atoms with Gasteiger partial charge in [0.05, 0.1) is 6.61 Å². The SMILES string of the molecule is Brc1ccc(COCCCC2CCCNC2)cn1. The lowest BCUT2D eigenvalue weighted by Gasteiger charge is -2.22. The molecule has 1 fully saturated rings. The maximum Gasteiger partial charge on any atom is 0.106 e. The number of hydrogen-bond acceptors (Lipinski definition) is 3. The third kappa shape index (κ3) is 5.04. The zero-order valence-corrected chi connectivity index (χ0v) is 12.3. The van der Waals surface area contributed by atoms with Crippen LogP contribution in [0.2, 0.25) is 0 Å². The molecule has 1 aromatic rings. The summed E-state index contributed by atoms with van der Waals surface area (Å²) in [4.78, 5) is 4.18. The first kappa shape index (κ1) is 14.0. The van der Waals surface area contributed by atoms with Crippen LogP contribution in [0.25, 0.3) is 0 Å². The predicted octanol–water partition coefficient (Wildman–Crippen LogP) is 3.14. The van der Waals surface area contributed by atoms with Crippen molar-refractivity contribution in [1.82, 2.24) is 10.3 Å². The van der Waals surface area contributed by atoms with Crippen LogP contribution in [0.5, 0.6) is 0 Å². The zero-order chi connectivity index (χ0) is 12.6. The molecule has 4 heteroatoms. The van der Waals surface area contributed by atoms with E-state index in [2.05, 4.69) is 26.2 Å². The fourth-order valence-corrected chi connectivity index (χ4v) is 2.56. The van der Waals surface area contributed by atoms with Crippen molar-refractivity contribution >= 4 is 15.9 Å². The van der Waals surface area contributed by atoms with E-state index in [1.165, 1.54) is 32.4 Å². The molecule has 1 N–H and O–H groups in total. The van der Waals surface area contributed by atoms with Gasteiger partial charge in [0, 0.05) is 12.8 Å². The van der Waals surface area contributed by atoms with Gasteiger partial charge in [0.25, 0.3) is 0 Å². The summed E-state index contributed by atoms with van der Waals surface area (Å²) in [5, 5.41) is 3.45. The third-order valence-electron chi connectivity index (χ3n) is 3.36. The Morgan fingerprint density at radius 3 is 3.11 bits per heavy atom. The predicted molar refractivity (Wildman–Crippen MR) is 76.4 cm³/mol. The van der Waals surface area contributed by atoms with Crippen molar-refractivity contribution in [3.63, 3.8) is 0 Å². The van der Waals surface area contributed by atoms with Gasteiger partial charge in [0.1, 0.15) is 4.60 Å². The van der Waals surface area contributed by atoms with Gasteiger partial charge >= 0.3 is 0 Å². The Bertz CT molecular complexity index is 336. The highest BCUT2D eigenvalue weighted by Crippen LogP contribution is 2.16. The van der Waals surface area contributed by atoms with E-state index >= 15 is 0 Å². The average molecular weight is 313 g/mol. The lowest BCUT2D eigenvalue weighted by Crippen LogP contribution is -2.29. The van der Waals surface area contributed by atoms with Crippen LogP contribution < -0.4 is 5.32 Å². The van der Waals surface area contributed by atoms with E-state index in [4.69, 9.17) is 4.74 Å². The number of piperidine rings is 1. The van der Waals surface area contributed by atoms with Crippen LogP contribution in [0.15, 0.2) is 22.9 Å². The molecule has 18 heavy (non-hydrogen) atoms. The first-order valence-corrected chi connectivity index (χ1v) is 7.53. The third-order valence-corrected chi connectivity index (χ3v) is 3.83. The van der Waals surface area contributed by atoms with Gasteiger partial charge < -0.3 is 10.1 Å². The monoisotopic (exact) mass is 312 g/mol. The lowest BCUT2D eigenvalue weighted by atomic mass is 9.95. The molecular formula is C14H21BrN2O. The van der Waals surface area contributed by atoms with Gasteiger partial charge in [-0.05, 0) is 72.3 Å². The number of ether oxygens (including phenoxy) is 1. The van der Waals surface area contributed by atoms with Gasteiger partial charge in [-0.1, -0.05) is 6.07 Å². The highest BCUT2D eigenvalue weighted by Gasteiger charge is 2.11. The molecule has 0 aromatic carbocycles. The summed E-state index contributed by atoms with van der Waals surface area (Å²) in [6, 6.07) is 3.99. The molecule has 2 heterocycles. The summed E-state index contributed by atoms with van der Waals surface area (Å²) in [7, 11) is 0. The molecule has 2 rings (SSSR count). The van der Waals surface area contributed by atoms with Crippen LogP contribution in [0.1, 0.15) is 31.2 Å². The Labute approximate surface area is 117 Å². The Kier molecular flexibility index (Phi) is 6.11. The number of pyridine rings is 1. The van der Waals surface area contributed by atoms with Crippen molar-refractivity contribution in [2.75, 3.05) is 19.7 Å².